The largest absolute Gasteiger partial charge is 0.353 e. The molecule has 1 aromatic rings. The summed E-state index contributed by atoms with van der Waals surface area (Å²) in [5.74, 6) is -1.64. The first kappa shape index (κ1) is 13.0. The molecule has 2 nitrogen and oxygen atoms in total. The molecule has 0 spiro atoms. The van der Waals surface area contributed by atoms with Gasteiger partial charge in [-0.05, 0) is 24.0 Å². The number of halogens is 2. The standard InChI is InChI=1S/C14H17F2NO/c1-8(2)6-12-10(7-13(18)17-12)9-4-3-5-11(15)14(9)16/h3-5,8,10,12H,6-7H2,1-2H3,(H,17,18). The maximum atomic E-state index is 13.8. The Labute approximate surface area is 105 Å². The van der Waals surface area contributed by atoms with Crippen LogP contribution in [0.25, 0.3) is 0 Å². The van der Waals surface area contributed by atoms with Gasteiger partial charge in [-0.25, -0.2) is 8.78 Å². The molecule has 2 unspecified atom stereocenters. The summed E-state index contributed by atoms with van der Waals surface area (Å²) < 4.78 is 27.0. The van der Waals surface area contributed by atoms with E-state index in [9.17, 15) is 13.6 Å². The van der Waals surface area contributed by atoms with Crippen molar-refractivity contribution in [2.75, 3.05) is 0 Å². The highest BCUT2D eigenvalue weighted by Crippen LogP contribution is 2.33. The molecule has 0 bridgehead atoms. The zero-order valence-corrected chi connectivity index (χ0v) is 10.5. The molecule has 2 atom stereocenters. The number of hydrogen-bond donors (Lipinski definition) is 1. The number of rotatable bonds is 3. The normalized spacial score (nSPS) is 23.5. The quantitative estimate of drug-likeness (QED) is 0.881. The third-order valence-electron chi connectivity index (χ3n) is 3.34. The lowest BCUT2D eigenvalue weighted by Crippen LogP contribution is -2.30. The fourth-order valence-electron chi connectivity index (χ4n) is 2.57. The first-order chi connectivity index (χ1) is 8.49. The van der Waals surface area contributed by atoms with Crippen molar-refractivity contribution in [1.82, 2.24) is 5.32 Å². The van der Waals surface area contributed by atoms with Crippen molar-refractivity contribution in [2.24, 2.45) is 5.92 Å². The number of hydrogen-bond acceptors (Lipinski definition) is 1. The van der Waals surface area contributed by atoms with Crippen molar-refractivity contribution in [3.63, 3.8) is 0 Å². The van der Waals surface area contributed by atoms with Gasteiger partial charge in [0.2, 0.25) is 5.91 Å². The second-order valence-electron chi connectivity index (χ2n) is 5.26. The van der Waals surface area contributed by atoms with Crippen molar-refractivity contribution >= 4 is 5.91 Å². The molecule has 1 saturated heterocycles. The van der Waals surface area contributed by atoms with Crippen LogP contribution in [0.4, 0.5) is 8.78 Å². The minimum atomic E-state index is -0.852. The first-order valence-corrected chi connectivity index (χ1v) is 6.22. The molecule has 2 rings (SSSR count). The zero-order valence-electron chi connectivity index (χ0n) is 10.5. The highest BCUT2D eigenvalue weighted by Gasteiger charge is 2.35. The van der Waals surface area contributed by atoms with Gasteiger partial charge >= 0.3 is 0 Å². The van der Waals surface area contributed by atoms with Crippen molar-refractivity contribution in [1.29, 1.82) is 0 Å². The molecule has 0 saturated carbocycles. The van der Waals surface area contributed by atoms with Crippen LogP contribution in [0.2, 0.25) is 0 Å². The molecule has 18 heavy (non-hydrogen) atoms. The lowest BCUT2D eigenvalue weighted by molar-refractivity contribution is -0.119. The monoisotopic (exact) mass is 253 g/mol. The molecule has 0 aliphatic carbocycles. The van der Waals surface area contributed by atoms with Gasteiger partial charge in [0, 0.05) is 18.4 Å². The molecule has 1 amide bonds. The Morgan fingerprint density at radius 3 is 2.78 bits per heavy atom. The van der Waals surface area contributed by atoms with E-state index in [1.54, 1.807) is 6.07 Å². The minimum absolute atomic E-state index is 0.0886. The summed E-state index contributed by atoms with van der Waals surface area (Å²) in [4.78, 5) is 11.5. The average Bonchev–Trinajstić information content (AvgIpc) is 2.62. The van der Waals surface area contributed by atoms with Crippen LogP contribution in [-0.2, 0) is 4.79 Å². The van der Waals surface area contributed by atoms with Crippen LogP contribution in [0.3, 0.4) is 0 Å². The maximum Gasteiger partial charge on any atom is 0.220 e. The minimum Gasteiger partial charge on any atom is -0.353 e. The van der Waals surface area contributed by atoms with Gasteiger partial charge in [-0.1, -0.05) is 26.0 Å². The Balaban J connectivity index is 2.30. The second kappa shape index (κ2) is 5.04. The van der Waals surface area contributed by atoms with E-state index in [0.717, 1.165) is 12.5 Å². The molecule has 98 valence electrons. The van der Waals surface area contributed by atoms with Crippen molar-refractivity contribution < 1.29 is 13.6 Å². The molecule has 1 heterocycles. The van der Waals surface area contributed by atoms with Gasteiger partial charge in [-0.2, -0.15) is 0 Å². The summed E-state index contributed by atoms with van der Waals surface area (Å²) in [6.07, 6.45) is 1.00. The number of carbonyl (C=O) groups excluding carboxylic acids is 1. The lowest BCUT2D eigenvalue weighted by atomic mass is 9.87. The SMILES string of the molecule is CC(C)CC1NC(=O)CC1c1cccc(F)c1F. The van der Waals surface area contributed by atoms with Crippen LogP contribution in [0.5, 0.6) is 0 Å². The average molecular weight is 253 g/mol. The third-order valence-corrected chi connectivity index (χ3v) is 3.34. The van der Waals surface area contributed by atoms with E-state index >= 15 is 0 Å². The summed E-state index contributed by atoms with van der Waals surface area (Å²) in [5.41, 5.74) is 0.305. The Kier molecular flexibility index (Phi) is 3.64. The molecule has 1 fully saturated rings. The van der Waals surface area contributed by atoms with Gasteiger partial charge in [-0.3, -0.25) is 4.79 Å². The van der Waals surface area contributed by atoms with Gasteiger partial charge in [0.25, 0.3) is 0 Å². The molecule has 0 radical (unpaired) electrons. The summed E-state index contributed by atoms with van der Waals surface area (Å²) in [6.45, 7) is 4.09. The van der Waals surface area contributed by atoms with Crippen LogP contribution in [0.15, 0.2) is 18.2 Å². The highest BCUT2D eigenvalue weighted by atomic mass is 19.2. The predicted molar refractivity (Wildman–Crippen MR) is 65.1 cm³/mol. The number of benzene rings is 1. The van der Waals surface area contributed by atoms with Gasteiger partial charge < -0.3 is 5.32 Å². The summed E-state index contributed by atoms with van der Waals surface area (Å²) >= 11 is 0. The van der Waals surface area contributed by atoms with Gasteiger partial charge in [-0.15, -0.1) is 0 Å². The molecular weight excluding hydrogens is 236 g/mol. The fourth-order valence-corrected chi connectivity index (χ4v) is 2.57. The van der Waals surface area contributed by atoms with E-state index < -0.39 is 11.6 Å². The number of amides is 1. The summed E-state index contributed by atoms with van der Waals surface area (Å²) in [7, 11) is 0. The molecule has 4 heteroatoms. The molecule has 0 aromatic heterocycles. The first-order valence-electron chi connectivity index (χ1n) is 6.22. The van der Waals surface area contributed by atoms with E-state index in [-0.39, 0.29) is 24.3 Å². The van der Waals surface area contributed by atoms with Gasteiger partial charge in [0.1, 0.15) is 0 Å². The Morgan fingerprint density at radius 2 is 2.11 bits per heavy atom. The number of nitrogens with one attached hydrogen (secondary N) is 1. The molecule has 1 aliphatic rings. The van der Waals surface area contributed by atoms with Crippen molar-refractivity contribution in [3.8, 4) is 0 Å². The molecular formula is C14H17F2NO. The Morgan fingerprint density at radius 1 is 1.39 bits per heavy atom. The van der Waals surface area contributed by atoms with Crippen LogP contribution >= 0.6 is 0 Å². The van der Waals surface area contributed by atoms with E-state index in [0.29, 0.717) is 11.5 Å². The van der Waals surface area contributed by atoms with E-state index in [2.05, 4.69) is 5.32 Å². The maximum absolute atomic E-state index is 13.8. The number of carbonyl (C=O) groups is 1. The zero-order chi connectivity index (χ0) is 13.3. The van der Waals surface area contributed by atoms with E-state index in [1.165, 1.54) is 6.07 Å². The predicted octanol–water partition coefficient (Wildman–Crippen LogP) is 2.98. The molecule has 1 N–H and O–H groups in total. The van der Waals surface area contributed by atoms with E-state index in [4.69, 9.17) is 0 Å². The third kappa shape index (κ3) is 2.52. The summed E-state index contributed by atoms with van der Waals surface area (Å²) in [6, 6.07) is 4.05. The topological polar surface area (TPSA) is 29.1 Å². The van der Waals surface area contributed by atoms with Gasteiger partial charge in [0.05, 0.1) is 0 Å². The smallest absolute Gasteiger partial charge is 0.220 e. The van der Waals surface area contributed by atoms with Crippen molar-refractivity contribution in [3.05, 3.63) is 35.4 Å². The fraction of sp³-hybridized carbons (Fsp3) is 0.500. The van der Waals surface area contributed by atoms with Crippen LogP contribution in [-0.4, -0.2) is 11.9 Å². The van der Waals surface area contributed by atoms with Gasteiger partial charge in [0.15, 0.2) is 11.6 Å². The Bertz CT molecular complexity index is 459. The Hall–Kier alpha value is -1.45. The molecule has 1 aliphatic heterocycles. The highest BCUT2D eigenvalue weighted by molar-refractivity contribution is 5.80. The molecule has 1 aromatic carbocycles. The van der Waals surface area contributed by atoms with E-state index in [1.807, 2.05) is 13.8 Å². The van der Waals surface area contributed by atoms with Crippen LogP contribution in [0.1, 0.15) is 38.2 Å². The van der Waals surface area contributed by atoms with Crippen molar-refractivity contribution in [2.45, 2.75) is 38.6 Å². The summed E-state index contributed by atoms with van der Waals surface area (Å²) in [5, 5.41) is 2.85. The second-order valence-corrected chi connectivity index (χ2v) is 5.26. The van der Waals surface area contributed by atoms with Crippen LogP contribution < -0.4 is 5.32 Å². The van der Waals surface area contributed by atoms with Crippen LogP contribution in [0, 0.1) is 17.6 Å². The lowest BCUT2D eigenvalue weighted by Gasteiger charge is -2.21.